The van der Waals surface area contributed by atoms with Crippen molar-refractivity contribution in [2.75, 3.05) is 6.61 Å². The molecule has 1 saturated carbocycles. The highest BCUT2D eigenvalue weighted by Gasteiger charge is 2.64. The van der Waals surface area contributed by atoms with E-state index in [0.717, 1.165) is 30.4 Å². The van der Waals surface area contributed by atoms with Crippen LogP contribution in [0.3, 0.4) is 0 Å². The SMILES string of the molecule is CCCCCOC1C(C(=O)OCn2ccc(Cc3ccc(F)cc3)c2)C1(C)C. The number of halogens is 1. The Labute approximate surface area is 166 Å². The van der Waals surface area contributed by atoms with E-state index >= 15 is 0 Å². The molecule has 2 aromatic rings. The average Bonchev–Trinajstić information content (AvgIpc) is 2.99. The standard InChI is InChI=1S/C23H30FNO3/c1-4-5-6-13-27-21-20(23(21,2)3)22(26)28-16-25-12-11-18(15-25)14-17-7-9-19(24)10-8-17/h7-12,15,20-21H,4-6,13-14,16H2,1-3H3. The number of esters is 1. The number of hydrogen-bond acceptors (Lipinski definition) is 3. The van der Waals surface area contributed by atoms with E-state index in [1.165, 1.54) is 12.1 Å². The summed E-state index contributed by atoms with van der Waals surface area (Å²) in [6.07, 6.45) is 7.85. The number of unbranched alkanes of at least 4 members (excludes halogenated alkanes) is 2. The van der Waals surface area contributed by atoms with Crippen LogP contribution in [0.25, 0.3) is 0 Å². The summed E-state index contributed by atoms with van der Waals surface area (Å²) >= 11 is 0. The first-order valence-corrected chi connectivity index (χ1v) is 10.1. The van der Waals surface area contributed by atoms with Crippen LogP contribution < -0.4 is 0 Å². The number of hydrogen-bond donors (Lipinski definition) is 0. The summed E-state index contributed by atoms with van der Waals surface area (Å²) in [6, 6.07) is 8.47. The van der Waals surface area contributed by atoms with Gasteiger partial charge in [0.2, 0.25) is 0 Å². The van der Waals surface area contributed by atoms with Crippen LogP contribution in [-0.2, 0) is 27.4 Å². The van der Waals surface area contributed by atoms with Gasteiger partial charge in [0, 0.05) is 24.4 Å². The van der Waals surface area contributed by atoms with Crippen molar-refractivity contribution in [2.45, 2.75) is 59.3 Å². The van der Waals surface area contributed by atoms with E-state index in [1.807, 2.05) is 23.0 Å². The topological polar surface area (TPSA) is 40.5 Å². The van der Waals surface area contributed by atoms with E-state index in [-0.39, 0.29) is 36.0 Å². The lowest BCUT2D eigenvalue weighted by molar-refractivity contribution is -0.150. The molecule has 1 aromatic heterocycles. The summed E-state index contributed by atoms with van der Waals surface area (Å²) in [5, 5.41) is 0. The summed E-state index contributed by atoms with van der Waals surface area (Å²) in [4.78, 5) is 12.5. The lowest BCUT2D eigenvalue weighted by Gasteiger charge is -2.06. The Morgan fingerprint density at radius 1 is 1.14 bits per heavy atom. The third-order valence-electron chi connectivity index (χ3n) is 5.52. The van der Waals surface area contributed by atoms with E-state index in [0.29, 0.717) is 13.0 Å². The molecule has 3 rings (SSSR count). The van der Waals surface area contributed by atoms with E-state index in [9.17, 15) is 9.18 Å². The molecular weight excluding hydrogens is 357 g/mol. The Bertz CT molecular complexity index is 781. The fraction of sp³-hybridized carbons (Fsp3) is 0.522. The van der Waals surface area contributed by atoms with Crippen LogP contribution in [0.1, 0.15) is 51.2 Å². The molecule has 28 heavy (non-hydrogen) atoms. The van der Waals surface area contributed by atoms with Gasteiger partial charge in [-0.2, -0.15) is 0 Å². The number of carbonyl (C=O) groups excluding carboxylic acids is 1. The quantitative estimate of drug-likeness (QED) is 0.428. The van der Waals surface area contributed by atoms with Crippen LogP contribution in [0.15, 0.2) is 42.7 Å². The first-order chi connectivity index (χ1) is 13.4. The monoisotopic (exact) mass is 387 g/mol. The van der Waals surface area contributed by atoms with Gasteiger partial charge in [0.25, 0.3) is 0 Å². The van der Waals surface area contributed by atoms with Gasteiger partial charge in [-0.1, -0.05) is 45.7 Å². The molecule has 2 unspecified atom stereocenters. The molecule has 0 aliphatic heterocycles. The molecule has 0 N–H and O–H groups in total. The van der Waals surface area contributed by atoms with Gasteiger partial charge in [0.15, 0.2) is 6.73 Å². The molecule has 0 bridgehead atoms. The van der Waals surface area contributed by atoms with E-state index in [1.54, 1.807) is 12.1 Å². The van der Waals surface area contributed by atoms with Crippen molar-refractivity contribution >= 4 is 5.97 Å². The molecule has 1 aliphatic carbocycles. The van der Waals surface area contributed by atoms with Crippen LogP contribution in [0.4, 0.5) is 4.39 Å². The van der Waals surface area contributed by atoms with Gasteiger partial charge >= 0.3 is 5.97 Å². The van der Waals surface area contributed by atoms with Gasteiger partial charge in [0.05, 0.1) is 12.0 Å². The lowest BCUT2D eigenvalue weighted by atomic mass is 10.1. The fourth-order valence-electron chi connectivity index (χ4n) is 3.63. The van der Waals surface area contributed by atoms with Crippen molar-refractivity contribution < 1.29 is 18.7 Å². The maximum atomic E-state index is 13.0. The average molecular weight is 387 g/mol. The van der Waals surface area contributed by atoms with Crippen molar-refractivity contribution in [1.82, 2.24) is 4.57 Å². The fourth-order valence-corrected chi connectivity index (χ4v) is 3.63. The third kappa shape index (κ3) is 5.02. The number of rotatable bonds is 10. The van der Waals surface area contributed by atoms with Crippen molar-refractivity contribution in [2.24, 2.45) is 11.3 Å². The van der Waals surface area contributed by atoms with Gasteiger partial charge in [0.1, 0.15) is 5.82 Å². The summed E-state index contributed by atoms with van der Waals surface area (Å²) in [5.74, 6) is -0.619. The van der Waals surface area contributed by atoms with Crippen molar-refractivity contribution in [3.63, 3.8) is 0 Å². The van der Waals surface area contributed by atoms with Crippen LogP contribution in [0.2, 0.25) is 0 Å². The number of nitrogens with zero attached hydrogens (tertiary/aromatic N) is 1. The Hall–Kier alpha value is -2.14. The van der Waals surface area contributed by atoms with Crippen LogP contribution in [0.5, 0.6) is 0 Å². The van der Waals surface area contributed by atoms with E-state index < -0.39 is 0 Å². The van der Waals surface area contributed by atoms with Gasteiger partial charge in [-0.3, -0.25) is 4.79 Å². The molecule has 152 valence electrons. The number of aromatic nitrogens is 1. The number of benzene rings is 1. The van der Waals surface area contributed by atoms with Crippen LogP contribution in [-0.4, -0.2) is 23.2 Å². The second kappa shape index (κ2) is 8.91. The zero-order valence-electron chi connectivity index (χ0n) is 17.0. The highest BCUT2D eigenvalue weighted by Crippen LogP contribution is 2.54. The van der Waals surface area contributed by atoms with Crippen LogP contribution in [0, 0.1) is 17.2 Å². The molecule has 0 radical (unpaired) electrons. The summed E-state index contributed by atoms with van der Waals surface area (Å²) < 4.78 is 26.3. The molecule has 0 spiro atoms. The zero-order valence-corrected chi connectivity index (χ0v) is 17.0. The maximum Gasteiger partial charge on any atom is 0.313 e. The smallest absolute Gasteiger partial charge is 0.313 e. The first-order valence-electron chi connectivity index (χ1n) is 10.1. The minimum absolute atomic E-state index is 0.0458. The van der Waals surface area contributed by atoms with E-state index in [4.69, 9.17) is 9.47 Å². The molecular formula is C23H30FNO3. The zero-order chi connectivity index (χ0) is 20.1. The predicted octanol–water partition coefficient (Wildman–Crippen LogP) is 4.95. The molecule has 4 nitrogen and oxygen atoms in total. The molecule has 2 atom stereocenters. The van der Waals surface area contributed by atoms with E-state index in [2.05, 4.69) is 20.8 Å². The van der Waals surface area contributed by atoms with Crippen LogP contribution >= 0.6 is 0 Å². The molecule has 1 aromatic carbocycles. The first kappa shape index (κ1) is 20.6. The number of carbonyl (C=O) groups is 1. The normalized spacial score (nSPS) is 20.1. The molecule has 1 heterocycles. The van der Waals surface area contributed by atoms with Gasteiger partial charge in [-0.25, -0.2) is 4.39 Å². The number of ether oxygens (including phenoxy) is 2. The Morgan fingerprint density at radius 3 is 2.61 bits per heavy atom. The molecule has 0 amide bonds. The summed E-state index contributed by atoms with van der Waals surface area (Å²) in [5.41, 5.74) is 1.97. The third-order valence-corrected chi connectivity index (χ3v) is 5.52. The largest absolute Gasteiger partial charge is 0.444 e. The maximum absolute atomic E-state index is 13.0. The molecule has 0 saturated heterocycles. The highest BCUT2D eigenvalue weighted by atomic mass is 19.1. The highest BCUT2D eigenvalue weighted by molar-refractivity contribution is 5.78. The van der Waals surface area contributed by atoms with Crippen molar-refractivity contribution in [3.8, 4) is 0 Å². The Kier molecular flexibility index (Phi) is 6.55. The molecule has 1 fully saturated rings. The van der Waals surface area contributed by atoms with Crippen molar-refractivity contribution in [1.29, 1.82) is 0 Å². The van der Waals surface area contributed by atoms with Gasteiger partial charge < -0.3 is 14.0 Å². The molecule has 1 aliphatic rings. The molecule has 5 heteroatoms. The minimum Gasteiger partial charge on any atom is -0.444 e. The lowest BCUT2D eigenvalue weighted by Crippen LogP contribution is -2.14. The second-order valence-electron chi connectivity index (χ2n) is 8.23. The van der Waals surface area contributed by atoms with Gasteiger partial charge in [-0.05, 0) is 42.2 Å². The van der Waals surface area contributed by atoms with Gasteiger partial charge in [-0.15, -0.1) is 0 Å². The Morgan fingerprint density at radius 2 is 1.89 bits per heavy atom. The Balaban J connectivity index is 1.46. The summed E-state index contributed by atoms with van der Waals surface area (Å²) in [6.45, 7) is 7.17. The summed E-state index contributed by atoms with van der Waals surface area (Å²) in [7, 11) is 0. The minimum atomic E-state index is -0.233. The second-order valence-corrected chi connectivity index (χ2v) is 8.23. The predicted molar refractivity (Wildman–Crippen MR) is 106 cm³/mol. The van der Waals surface area contributed by atoms with Crippen molar-refractivity contribution in [3.05, 3.63) is 59.7 Å².